The van der Waals surface area contributed by atoms with Gasteiger partial charge in [-0.15, -0.1) is 0 Å². The molecule has 0 amide bonds. The van der Waals surface area contributed by atoms with Crippen LogP contribution in [0.5, 0.6) is 0 Å². The van der Waals surface area contributed by atoms with E-state index in [-0.39, 0.29) is 11.7 Å². The van der Waals surface area contributed by atoms with E-state index < -0.39 is 0 Å². The number of benzene rings is 2. The van der Waals surface area contributed by atoms with E-state index in [0.29, 0.717) is 6.54 Å². The quantitative estimate of drug-likeness (QED) is 0.887. The van der Waals surface area contributed by atoms with Crippen LogP contribution in [-0.2, 0) is 6.42 Å². The summed E-state index contributed by atoms with van der Waals surface area (Å²) in [6, 6.07) is 13.2. The maximum Gasteiger partial charge on any atom is 0.123 e. The summed E-state index contributed by atoms with van der Waals surface area (Å²) < 4.78 is 13.3. The molecular formula is C17H20FN. The van der Waals surface area contributed by atoms with E-state index >= 15 is 0 Å². The Hall–Kier alpha value is -1.67. The van der Waals surface area contributed by atoms with Gasteiger partial charge in [-0.3, -0.25) is 0 Å². The highest BCUT2D eigenvalue weighted by Crippen LogP contribution is 2.23. The first-order valence-electron chi connectivity index (χ1n) is 6.62. The van der Waals surface area contributed by atoms with Crippen LogP contribution in [0.1, 0.15) is 28.2 Å². The number of halogens is 1. The van der Waals surface area contributed by atoms with Gasteiger partial charge in [-0.2, -0.15) is 0 Å². The monoisotopic (exact) mass is 257 g/mol. The maximum atomic E-state index is 13.3. The molecule has 1 atom stereocenters. The average Bonchev–Trinajstić information content (AvgIpc) is 2.39. The first-order valence-corrected chi connectivity index (χ1v) is 6.62. The third kappa shape index (κ3) is 3.42. The lowest BCUT2D eigenvalue weighted by molar-refractivity contribution is 0.616. The van der Waals surface area contributed by atoms with E-state index in [1.54, 1.807) is 12.1 Å². The van der Waals surface area contributed by atoms with Crippen LogP contribution in [0, 0.1) is 19.7 Å². The molecule has 0 fully saturated rings. The first-order chi connectivity index (χ1) is 9.10. The molecular weight excluding hydrogens is 237 g/mol. The van der Waals surface area contributed by atoms with Gasteiger partial charge in [0.05, 0.1) is 0 Å². The second-order valence-electron chi connectivity index (χ2n) is 5.12. The highest BCUT2D eigenvalue weighted by Gasteiger charge is 2.12. The van der Waals surface area contributed by atoms with Crippen molar-refractivity contribution >= 4 is 0 Å². The molecule has 0 radical (unpaired) electrons. The number of aryl methyl sites for hydroxylation is 2. The predicted molar refractivity (Wildman–Crippen MR) is 77.8 cm³/mol. The van der Waals surface area contributed by atoms with Gasteiger partial charge in [-0.25, -0.2) is 4.39 Å². The molecule has 2 N–H and O–H groups in total. The molecule has 0 heterocycles. The summed E-state index contributed by atoms with van der Waals surface area (Å²) in [4.78, 5) is 0. The maximum absolute atomic E-state index is 13.3. The Morgan fingerprint density at radius 2 is 1.89 bits per heavy atom. The van der Waals surface area contributed by atoms with Crippen LogP contribution in [0.3, 0.4) is 0 Å². The molecule has 0 aromatic heterocycles. The molecule has 2 rings (SSSR count). The Labute approximate surface area is 114 Å². The summed E-state index contributed by atoms with van der Waals surface area (Å²) >= 11 is 0. The number of nitrogens with two attached hydrogens (primary N) is 1. The van der Waals surface area contributed by atoms with Crippen LogP contribution in [0.25, 0.3) is 0 Å². The Balaban J connectivity index is 2.26. The largest absolute Gasteiger partial charge is 0.330 e. The van der Waals surface area contributed by atoms with Crippen molar-refractivity contribution in [1.82, 2.24) is 0 Å². The molecule has 0 aliphatic heterocycles. The molecule has 2 aromatic rings. The lowest BCUT2D eigenvalue weighted by atomic mass is 9.89. The summed E-state index contributed by atoms with van der Waals surface area (Å²) in [6.45, 7) is 4.72. The fourth-order valence-corrected chi connectivity index (χ4v) is 2.38. The minimum atomic E-state index is -0.197. The molecule has 0 saturated carbocycles. The van der Waals surface area contributed by atoms with Gasteiger partial charge in [0.25, 0.3) is 0 Å². The summed E-state index contributed by atoms with van der Waals surface area (Å²) in [6.07, 6.45) is 0.855. The van der Waals surface area contributed by atoms with Crippen molar-refractivity contribution in [2.24, 2.45) is 5.73 Å². The molecule has 0 bridgehead atoms. The van der Waals surface area contributed by atoms with Crippen molar-refractivity contribution in [3.63, 3.8) is 0 Å². The zero-order valence-corrected chi connectivity index (χ0v) is 11.5. The van der Waals surface area contributed by atoms with Gasteiger partial charge in [0, 0.05) is 5.92 Å². The van der Waals surface area contributed by atoms with Crippen molar-refractivity contribution in [3.05, 3.63) is 70.5 Å². The minimum absolute atomic E-state index is 0.163. The molecule has 2 heteroatoms. The molecule has 2 aromatic carbocycles. The van der Waals surface area contributed by atoms with Crippen LogP contribution >= 0.6 is 0 Å². The van der Waals surface area contributed by atoms with E-state index in [1.165, 1.54) is 22.8 Å². The summed E-state index contributed by atoms with van der Waals surface area (Å²) in [5, 5.41) is 0. The highest BCUT2D eigenvalue weighted by molar-refractivity contribution is 5.33. The van der Waals surface area contributed by atoms with Crippen LogP contribution in [-0.4, -0.2) is 6.54 Å². The van der Waals surface area contributed by atoms with E-state index in [4.69, 9.17) is 5.73 Å². The lowest BCUT2D eigenvalue weighted by Crippen LogP contribution is -2.15. The van der Waals surface area contributed by atoms with E-state index in [9.17, 15) is 4.39 Å². The Morgan fingerprint density at radius 1 is 1.11 bits per heavy atom. The van der Waals surface area contributed by atoms with Crippen LogP contribution in [0.2, 0.25) is 0 Å². The summed E-state index contributed by atoms with van der Waals surface area (Å²) in [5.41, 5.74) is 10.6. The SMILES string of the molecule is Cc1ccc(C)c(CC(CN)c2cccc(F)c2)c1. The van der Waals surface area contributed by atoms with Gasteiger partial charge < -0.3 is 5.73 Å². The van der Waals surface area contributed by atoms with Gasteiger partial charge >= 0.3 is 0 Å². The van der Waals surface area contributed by atoms with Crippen molar-refractivity contribution in [1.29, 1.82) is 0 Å². The first kappa shape index (κ1) is 13.8. The fraction of sp³-hybridized carbons (Fsp3) is 0.294. The Morgan fingerprint density at radius 3 is 2.58 bits per heavy atom. The van der Waals surface area contributed by atoms with Crippen molar-refractivity contribution < 1.29 is 4.39 Å². The van der Waals surface area contributed by atoms with E-state index in [1.807, 2.05) is 6.07 Å². The van der Waals surface area contributed by atoms with E-state index in [2.05, 4.69) is 32.0 Å². The topological polar surface area (TPSA) is 26.0 Å². The number of rotatable bonds is 4. The second-order valence-corrected chi connectivity index (χ2v) is 5.12. The van der Waals surface area contributed by atoms with Crippen LogP contribution < -0.4 is 5.73 Å². The zero-order valence-electron chi connectivity index (χ0n) is 11.5. The van der Waals surface area contributed by atoms with Gasteiger partial charge in [0.2, 0.25) is 0 Å². The molecule has 1 nitrogen and oxygen atoms in total. The normalized spacial score (nSPS) is 12.4. The highest BCUT2D eigenvalue weighted by atomic mass is 19.1. The fourth-order valence-electron chi connectivity index (χ4n) is 2.38. The molecule has 100 valence electrons. The lowest BCUT2D eigenvalue weighted by Gasteiger charge is -2.17. The predicted octanol–water partition coefficient (Wildman–Crippen LogP) is 3.73. The molecule has 0 saturated heterocycles. The van der Waals surface area contributed by atoms with Gasteiger partial charge in [0.1, 0.15) is 5.82 Å². The third-order valence-electron chi connectivity index (χ3n) is 3.58. The van der Waals surface area contributed by atoms with Crippen LogP contribution in [0.4, 0.5) is 4.39 Å². The summed E-state index contributed by atoms with van der Waals surface area (Å²) in [5.74, 6) is -0.0342. The number of hydrogen-bond donors (Lipinski definition) is 1. The Bertz CT molecular complexity index is 563. The minimum Gasteiger partial charge on any atom is -0.330 e. The number of hydrogen-bond acceptors (Lipinski definition) is 1. The Kier molecular flexibility index (Phi) is 4.33. The molecule has 1 unspecified atom stereocenters. The summed E-state index contributed by atoms with van der Waals surface area (Å²) in [7, 11) is 0. The second kappa shape index (κ2) is 5.98. The smallest absolute Gasteiger partial charge is 0.123 e. The van der Waals surface area contributed by atoms with Crippen molar-refractivity contribution in [3.8, 4) is 0 Å². The van der Waals surface area contributed by atoms with E-state index in [0.717, 1.165) is 12.0 Å². The third-order valence-corrected chi connectivity index (χ3v) is 3.58. The van der Waals surface area contributed by atoms with Crippen molar-refractivity contribution in [2.75, 3.05) is 6.54 Å². The molecule has 0 aliphatic rings. The standard InChI is InChI=1S/C17H20FN/c1-12-6-7-13(2)15(8-12)9-16(11-19)14-4-3-5-17(18)10-14/h3-8,10,16H,9,11,19H2,1-2H3. The molecule has 19 heavy (non-hydrogen) atoms. The molecule has 0 aliphatic carbocycles. The molecule has 0 spiro atoms. The van der Waals surface area contributed by atoms with Gasteiger partial charge in [0.15, 0.2) is 0 Å². The van der Waals surface area contributed by atoms with Crippen LogP contribution in [0.15, 0.2) is 42.5 Å². The van der Waals surface area contributed by atoms with Crippen molar-refractivity contribution in [2.45, 2.75) is 26.2 Å². The average molecular weight is 257 g/mol. The van der Waals surface area contributed by atoms with Gasteiger partial charge in [-0.05, 0) is 55.6 Å². The zero-order chi connectivity index (χ0) is 13.8. The van der Waals surface area contributed by atoms with Gasteiger partial charge in [-0.1, -0.05) is 35.9 Å².